The SMILES string of the molecule is CN(CC(=O)Nc1ccc(F)cc1)C(=O)CSCc1nc2ccccc2s1. The molecule has 3 aromatic rings. The highest BCUT2D eigenvalue weighted by molar-refractivity contribution is 7.99. The molecule has 1 aromatic heterocycles. The number of anilines is 1. The summed E-state index contributed by atoms with van der Waals surface area (Å²) in [5.41, 5.74) is 1.46. The maximum absolute atomic E-state index is 12.9. The fourth-order valence-corrected chi connectivity index (χ4v) is 4.34. The van der Waals surface area contributed by atoms with Crippen LogP contribution in [0.15, 0.2) is 48.5 Å². The predicted octanol–water partition coefficient (Wildman–Crippen LogP) is 3.77. The van der Waals surface area contributed by atoms with Crippen molar-refractivity contribution in [2.75, 3.05) is 24.7 Å². The molecule has 0 saturated heterocycles. The van der Waals surface area contributed by atoms with Gasteiger partial charge in [-0.2, -0.15) is 0 Å². The number of benzene rings is 2. The van der Waals surface area contributed by atoms with Crippen LogP contribution < -0.4 is 5.32 Å². The van der Waals surface area contributed by atoms with Crippen molar-refractivity contribution in [1.29, 1.82) is 0 Å². The first-order valence-electron chi connectivity index (χ1n) is 8.23. The van der Waals surface area contributed by atoms with E-state index in [1.165, 1.54) is 40.9 Å². The quantitative estimate of drug-likeness (QED) is 0.652. The molecule has 0 radical (unpaired) electrons. The number of hydrogen-bond donors (Lipinski definition) is 1. The normalized spacial score (nSPS) is 10.7. The zero-order chi connectivity index (χ0) is 19.2. The summed E-state index contributed by atoms with van der Waals surface area (Å²) in [7, 11) is 1.59. The summed E-state index contributed by atoms with van der Waals surface area (Å²) in [5, 5.41) is 3.61. The lowest BCUT2D eigenvalue weighted by atomic mass is 10.3. The zero-order valence-corrected chi connectivity index (χ0v) is 16.3. The van der Waals surface area contributed by atoms with Crippen molar-refractivity contribution in [3.8, 4) is 0 Å². The van der Waals surface area contributed by atoms with Crippen molar-refractivity contribution in [3.63, 3.8) is 0 Å². The number of nitrogens with zero attached hydrogens (tertiary/aromatic N) is 2. The number of nitrogens with one attached hydrogen (secondary N) is 1. The molecule has 1 heterocycles. The molecule has 0 spiro atoms. The minimum absolute atomic E-state index is 0.0576. The van der Waals surface area contributed by atoms with Crippen molar-refractivity contribution in [2.24, 2.45) is 0 Å². The first-order valence-corrected chi connectivity index (χ1v) is 10.2. The number of amides is 2. The molecule has 8 heteroatoms. The highest BCUT2D eigenvalue weighted by atomic mass is 32.2. The van der Waals surface area contributed by atoms with Gasteiger partial charge in [-0.15, -0.1) is 23.1 Å². The maximum atomic E-state index is 12.9. The Balaban J connectivity index is 1.43. The lowest BCUT2D eigenvalue weighted by Crippen LogP contribution is -2.35. The number of halogens is 1. The molecule has 1 N–H and O–H groups in total. The van der Waals surface area contributed by atoms with Crippen molar-refractivity contribution in [2.45, 2.75) is 5.75 Å². The van der Waals surface area contributed by atoms with Crippen molar-refractivity contribution in [1.82, 2.24) is 9.88 Å². The van der Waals surface area contributed by atoms with Gasteiger partial charge < -0.3 is 10.2 Å². The molecule has 0 bridgehead atoms. The van der Waals surface area contributed by atoms with Crippen LogP contribution in [0.25, 0.3) is 10.2 Å². The second-order valence-electron chi connectivity index (χ2n) is 5.87. The van der Waals surface area contributed by atoms with Crippen LogP contribution in [0.4, 0.5) is 10.1 Å². The average molecular weight is 404 g/mol. The van der Waals surface area contributed by atoms with Gasteiger partial charge in [-0.1, -0.05) is 12.1 Å². The number of aromatic nitrogens is 1. The molecule has 0 aliphatic carbocycles. The molecule has 27 heavy (non-hydrogen) atoms. The molecule has 2 amide bonds. The average Bonchev–Trinajstić information content (AvgIpc) is 3.06. The third-order valence-electron chi connectivity index (χ3n) is 3.72. The highest BCUT2D eigenvalue weighted by Crippen LogP contribution is 2.24. The number of hydrogen-bond acceptors (Lipinski definition) is 5. The lowest BCUT2D eigenvalue weighted by Gasteiger charge is -2.16. The standard InChI is InChI=1S/C19H18FN3O2S2/c1-23(10-17(24)21-14-8-6-13(20)7-9-14)19(25)12-26-11-18-22-15-4-2-3-5-16(15)27-18/h2-9H,10-12H2,1H3,(H,21,24). The Morgan fingerprint density at radius 3 is 2.67 bits per heavy atom. The van der Waals surface area contributed by atoms with Gasteiger partial charge in [-0.25, -0.2) is 9.37 Å². The first kappa shape index (κ1) is 19.3. The van der Waals surface area contributed by atoms with Crippen LogP contribution in [0.1, 0.15) is 5.01 Å². The fourth-order valence-electron chi connectivity index (χ4n) is 2.35. The molecule has 3 rings (SSSR count). The Kier molecular flexibility index (Phi) is 6.41. The van der Waals surface area contributed by atoms with E-state index in [9.17, 15) is 14.0 Å². The zero-order valence-electron chi connectivity index (χ0n) is 14.6. The van der Waals surface area contributed by atoms with Crippen molar-refractivity contribution in [3.05, 3.63) is 59.4 Å². The van der Waals surface area contributed by atoms with E-state index >= 15 is 0 Å². The Morgan fingerprint density at radius 2 is 1.93 bits per heavy atom. The predicted molar refractivity (Wildman–Crippen MR) is 108 cm³/mol. The molecule has 0 aliphatic heterocycles. The largest absolute Gasteiger partial charge is 0.336 e. The Bertz CT molecular complexity index is 911. The maximum Gasteiger partial charge on any atom is 0.243 e. The fraction of sp³-hybridized carbons (Fsp3) is 0.211. The van der Waals surface area contributed by atoms with E-state index < -0.39 is 0 Å². The summed E-state index contributed by atoms with van der Waals surface area (Å²) >= 11 is 3.10. The number of thiazole rings is 1. The van der Waals surface area contributed by atoms with Crippen LogP contribution in [0.5, 0.6) is 0 Å². The monoisotopic (exact) mass is 403 g/mol. The molecular weight excluding hydrogens is 385 g/mol. The number of fused-ring (bicyclic) bond motifs is 1. The smallest absolute Gasteiger partial charge is 0.243 e. The van der Waals surface area contributed by atoms with Crippen molar-refractivity contribution >= 4 is 50.8 Å². The number of carbonyl (C=O) groups is 2. The first-order chi connectivity index (χ1) is 13.0. The van der Waals surface area contributed by atoms with Crippen LogP contribution in [0, 0.1) is 5.82 Å². The molecular formula is C19H18FN3O2S2. The molecule has 0 unspecified atom stereocenters. The number of rotatable bonds is 7. The highest BCUT2D eigenvalue weighted by Gasteiger charge is 2.14. The number of likely N-dealkylation sites (N-methyl/N-ethyl adjacent to an activating group) is 1. The molecule has 0 aliphatic rings. The second-order valence-corrected chi connectivity index (χ2v) is 7.97. The van der Waals surface area contributed by atoms with Gasteiger partial charge in [-0.05, 0) is 36.4 Å². The van der Waals surface area contributed by atoms with Gasteiger partial charge in [0.05, 0.1) is 22.5 Å². The number of thioether (sulfide) groups is 1. The van der Waals surface area contributed by atoms with E-state index in [1.807, 2.05) is 24.3 Å². The van der Waals surface area contributed by atoms with Gasteiger partial charge in [0.1, 0.15) is 10.8 Å². The molecule has 0 atom stereocenters. The van der Waals surface area contributed by atoms with E-state index in [4.69, 9.17) is 0 Å². The topological polar surface area (TPSA) is 62.3 Å². The summed E-state index contributed by atoms with van der Waals surface area (Å²) < 4.78 is 14.0. The van der Waals surface area contributed by atoms with Gasteiger partial charge in [-0.3, -0.25) is 9.59 Å². The Labute approximate surface area is 164 Å². The number of para-hydroxylation sites is 1. The van der Waals surface area contributed by atoms with E-state index in [2.05, 4.69) is 10.3 Å². The summed E-state index contributed by atoms with van der Waals surface area (Å²) in [6.07, 6.45) is 0. The summed E-state index contributed by atoms with van der Waals surface area (Å²) in [6, 6.07) is 13.4. The van der Waals surface area contributed by atoms with Gasteiger partial charge in [0, 0.05) is 18.5 Å². The minimum Gasteiger partial charge on any atom is -0.336 e. The summed E-state index contributed by atoms with van der Waals surface area (Å²) in [6.45, 7) is -0.0576. The van der Waals surface area contributed by atoms with E-state index in [-0.39, 0.29) is 29.9 Å². The third-order valence-corrected chi connectivity index (χ3v) is 5.87. The summed E-state index contributed by atoms with van der Waals surface area (Å²) in [4.78, 5) is 30.1. The molecule has 5 nitrogen and oxygen atoms in total. The minimum atomic E-state index is -0.370. The van der Waals surface area contributed by atoms with Crippen LogP contribution in [0.3, 0.4) is 0 Å². The Hall–Kier alpha value is -2.45. The van der Waals surface area contributed by atoms with Crippen molar-refractivity contribution < 1.29 is 14.0 Å². The number of carbonyl (C=O) groups excluding carboxylic acids is 2. The van der Waals surface area contributed by atoms with Crippen LogP contribution in [-0.2, 0) is 15.3 Å². The van der Waals surface area contributed by atoms with E-state index in [0.29, 0.717) is 11.4 Å². The van der Waals surface area contributed by atoms with Gasteiger partial charge >= 0.3 is 0 Å². The van der Waals surface area contributed by atoms with Crippen LogP contribution in [0.2, 0.25) is 0 Å². The van der Waals surface area contributed by atoms with Gasteiger partial charge in [0.2, 0.25) is 11.8 Å². The molecule has 0 fully saturated rings. The molecule has 140 valence electrons. The van der Waals surface area contributed by atoms with E-state index in [1.54, 1.807) is 18.4 Å². The molecule has 0 saturated carbocycles. The van der Waals surface area contributed by atoms with Gasteiger partial charge in [0.25, 0.3) is 0 Å². The second kappa shape index (κ2) is 8.96. The van der Waals surface area contributed by atoms with Crippen LogP contribution in [-0.4, -0.2) is 41.0 Å². The lowest BCUT2D eigenvalue weighted by molar-refractivity contribution is -0.131. The van der Waals surface area contributed by atoms with Crippen LogP contribution >= 0.6 is 23.1 Å². The summed E-state index contributed by atoms with van der Waals surface area (Å²) in [5.74, 6) is 0.103. The van der Waals surface area contributed by atoms with Gasteiger partial charge in [0.15, 0.2) is 0 Å². The third kappa shape index (κ3) is 5.51. The van der Waals surface area contributed by atoms with E-state index in [0.717, 1.165) is 15.2 Å². The Morgan fingerprint density at radius 1 is 1.19 bits per heavy atom. The molecule has 2 aromatic carbocycles.